The van der Waals surface area contributed by atoms with Gasteiger partial charge >= 0.3 is 5.97 Å². The molecule has 7 heteroatoms. The molecule has 1 aromatic carbocycles. The Bertz CT molecular complexity index is 824. The first-order valence-corrected chi connectivity index (χ1v) is 7.54. The van der Waals surface area contributed by atoms with E-state index in [9.17, 15) is 4.79 Å². The number of fused-ring (bicyclic) bond motifs is 1. The van der Waals surface area contributed by atoms with Gasteiger partial charge in [-0.05, 0) is 48.5 Å². The molecule has 2 heterocycles. The summed E-state index contributed by atoms with van der Waals surface area (Å²) < 4.78 is 5.59. The number of H-pyrrole nitrogens is 1. The molecule has 114 valence electrons. The van der Waals surface area contributed by atoms with E-state index < -0.39 is 12.0 Å². The molecule has 0 saturated carbocycles. The number of aliphatic carboxylic acids is 1. The SMILES string of the molecule is Cc1ccc2nc(Sc3ccc(CC(N)C(=O)O)o3)[nH]c2c1. The molecule has 0 spiro atoms. The molecule has 0 aliphatic carbocycles. The Kier molecular flexibility index (Phi) is 3.91. The number of imidazole rings is 1. The minimum atomic E-state index is -1.04. The lowest BCUT2D eigenvalue weighted by atomic mass is 10.2. The Morgan fingerprint density at radius 3 is 3.05 bits per heavy atom. The van der Waals surface area contributed by atoms with E-state index in [1.54, 1.807) is 12.1 Å². The van der Waals surface area contributed by atoms with E-state index in [1.807, 2.05) is 25.1 Å². The van der Waals surface area contributed by atoms with Gasteiger partial charge in [-0.25, -0.2) is 4.98 Å². The number of carboxylic acid groups (broad SMARTS) is 1. The van der Waals surface area contributed by atoms with Crippen molar-refractivity contribution in [2.45, 2.75) is 29.6 Å². The van der Waals surface area contributed by atoms with Gasteiger partial charge in [0.05, 0.1) is 11.0 Å². The molecule has 0 saturated heterocycles. The fourth-order valence-electron chi connectivity index (χ4n) is 2.07. The number of carboxylic acids is 1. The van der Waals surface area contributed by atoms with Crippen molar-refractivity contribution in [2.24, 2.45) is 5.73 Å². The van der Waals surface area contributed by atoms with Crippen LogP contribution < -0.4 is 5.73 Å². The number of aromatic amines is 1. The van der Waals surface area contributed by atoms with Gasteiger partial charge in [-0.2, -0.15) is 0 Å². The Balaban J connectivity index is 1.74. The summed E-state index contributed by atoms with van der Waals surface area (Å²) in [5, 5.41) is 10.2. The number of nitrogens with one attached hydrogen (secondary N) is 1. The van der Waals surface area contributed by atoms with Crippen LogP contribution in [0.25, 0.3) is 11.0 Å². The zero-order valence-corrected chi connectivity index (χ0v) is 12.7. The molecule has 4 N–H and O–H groups in total. The second-order valence-corrected chi connectivity index (χ2v) is 6.03. The predicted octanol–water partition coefficient (Wildman–Crippen LogP) is 2.57. The number of benzene rings is 1. The first kappa shape index (κ1) is 14.7. The summed E-state index contributed by atoms with van der Waals surface area (Å²) in [7, 11) is 0. The number of carbonyl (C=O) groups is 1. The van der Waals surface area contributed by atoms with Gasteiger partial charge in [-0.1, -0.05) is 6.07 Å². The molecule has 0 amide bonds. The Labute approximate surface area is 130 Å². The van der Waals surface area contributed by atoms with E-state index >= 15 is 0 Å². The smallest absolute Gasteiger partial charge is 0.320 e. The van der Waals surface area contributed by atoms with Crippen molar-refractivity contribution < 1.29 is 14.3 Å². The monoisotopic (exact) mass is 317 g/mol. The number of nitrogens with zero attached hydrogens (tertiary/aromatic N) is 1. The van der Waals surface area contributed by atoms with E-state index in [0.29, 0.717) is 10.9 Å². The normalized spacial score (nSPS) is 12.6. The third kappa shape index (κ3) is 3.15. The molecular weight excluding hydrogens is 302 g/mol. The Morgan fingerprint density at radius 1 is 1.45 bits per heavy atom. The highest BCUT2D eigenvalue weighted by Crippen LogP contribution is 2.29. The van der Waals surface area contributed by atoms with E-state index in [4.69, 9.17) is 15.3 Å². The number of aryl methyl sites for hydroxylation is 1. The van der Waals surface area contributed by atoms with Crippen molar-refractivity contribution in [2.75, 3.05) is 0 Å². The van der Waals surface area contributed by atoms with Gasteiger partial charge in [-0.15, -0.1) is 0 Å². The minimum absolute atomic E-state index is 0.162. The average Bonchev–Trinajstić information content (AvgIpc) is 3.05. The second kappa shape index (κ2) is 5.86. The molecule has 0 aliphatic rings. The molecule has 3 rings (SSSR count). The summed E-state index contributed by atoms with van der Waals surface area (Å²) in [5.74, 6) is -0.498. The maximum absolute atomic E-state index is 10.7. The van der Waals surface area contributed by atoms with Crippen molar-refractivity contribution in [3.05, 3.63) is 41.7 Å². The number of furan rings is 1. The summed E-state index contributed by atoms with van der Waals surface area (Å²) in [6, 6.07) is 8.57. The highest BCUT2D eigenvalue weighted by Gasteiger charge is 2.15. The number of nitrogens with two attached hydrogens (primary N) is 1. The van der Waals surface area contributed by atoms with Crippen molar-refractivity contribution in [1.29, 1.82) is 0 Å². The van der Waals surface area contributed by atoms with Gasteiger partial charge in [0.15, 0.2) is 10.2 Å². The van der Waals surface area contributed by atoms with E-state index in [1.165, 1.54) is 11.8 Å². The summed E-state index contributed by atoms with van der Waals surface area (Å²) in [4.78, 5) is 18.4. The van der Waals surface area contributed by atoms with Gasteiger partial charge in [-0.3, -0.25) is 4.79 Å². The van der Waals surface area contributed by atoms with Crippen LogP contribution in [0, 0.1) is 6.92 Å². The van der Waals surface area contributed by atoms with Crippen LogP contribution in [0.3, 0.4) is 0 Å². The van der Waals surface area contributed by atoms with Crippen LogP contribution in [-0.4, -0.2) is 27.1 Å². The molecule has 3 aromatic rings. The Morgan fingerprint density at radius 2 is 2.27 bits per heavy atom. The van der Waals surface area contributed by atoms with Crippen molar-refractivity contribution in [1.82, 2.24) is 9.97 Å². The Hall–Kier alpha value is -2.25. The van der Waals surface area contributed by atoms with Gasteiger partial charge in [0.1, 0.15) is 11.8 Å². The maximum Gasteiger partial charge on any atom is 0.320 e. The quantitative estimate of drug-likeness (QED) is 0.668. The van der Waals surface area contributed by atoms with E-state index in [-0.39, 0.29) is 6.42 Å². The third-order valence-corrected chi connectivity index (χ3v) is 4.00. The zero-order valence-electron chi connectivity index (χ0n) is 11.9. The summed E-state index contributed by atoms with van der Waals surface area (Å²) >= 11 is 1.35. The van der Waals surface area contributed by atoms with Gasteiger partial charge in [0.25, 0.3) is 0 Å². The van der Waals surface area contributed by atoms with Gasteiger partial charge < -0.3 is 20.2 Å². The lowest BCUT2D eigenvalue weighted by Gasteiger charge is -2.02. The molecule has 2 aromatic heterocycles. The number of hydrogen-bond acceptors (Lipinski definition) is 5. The van der Waals surface area contributed by atoms with Crippen LogP contribution in [0.1, 0.15) is 11.3 Å². The van der Waals surface area contributed by atoms with Crippen LogP contribution in [0.15, 0.2) is 45.0 Å². The molecular formula is C15H15N3O3S. The summed E-state index contributed by atoms with van der Waals surface area (Å²) in [6.07, 6.45) is 0.162. The summed E-state index contributed by atoms with van der Waals surface area (Å²) in [5.41, 5.74) is 8.52. The van der Waals surface area contributed by atoms with Crippen LogP contribution in [0.5, 0.6) is 0 Å². The molecule has 6 nitrogen and oxygen atoms in total. The van der Waals surface area contributed by atoms with Gasteiger partial charge in [0.2, 0.25) is 0 Å². The molecule has 0 bridgehead atoms. The van der Waals surface area contributed by atoms with Crippen molar-refractivity contribution in [3.63, 3.8) is 0 Å². The summed E-state index contributed by atoms with van der Waals surface area (Å²) in [6.45, 7) is 2.03. The molecule has 22 heavy (non-hydrogen) atoms. The lowest BCUT2D eigenvalue weighted by molar-refractivity contribution is -0.138. The number of hydrogen-bond donors (Lipinski definition) is 3. The first-order valence-electron chi connectivity index (χ1n) is 6.72. The zero-order chi connectivity index (χ0) is 15.7. The van der Waals surface area contributed by atoms with E-state index in [0.717, 1.165) is 21.8 Å². The fraction of sp³-hybridized carbons (Fsp3) is 0.200. The van der Waals surface area contributed by atoms with Crippen molar-refractivity contribution >= 4 is 28.8 Å². The molecule has 0 radical (unpaired) electrons. The van der Waals surface area contributed by atoms with Crippen LogP contribution in [0.4, 0.5) is 0 Å². The molecule has 1 unspecified atom stereocenters. The lowest BCUT2D eigenvalue weighted by Crippen LogP contribution is -2.32. The number of rotatable bonds is 5. The fourth-order valence-corrected chi connectivity index (χ4v) is 2.85. The van der Waals surface area contributed by atoms with E-state index in [2.05, 4.69) is 9.97 Å². The highest BCUT2D eigenvalue weighted by molar-refractivity contribution is 7.99. The third-order valence-electron chi connectivity index (χ3n) is 3.19. The van der Waals surface area contributed by atoms with Crippen molar-refractivity contribution in [3.8, 4) is 0 Å². The maximum atomic E-state index is 10.7. The van der Waals surface area contributed by atoms with Crippen LogP contribution >= 0.6 is 11.8 Å². The topological polar surface area (TPSA) is 105 Å². The highest BCUT2D eigenvalue weighted by atomic mass is 32.2. The largest absolute Gasteiger partial charge is 0.480 e. The first-order chi connectivity index (χ1) is 10.5. The second-order valence-electron chi connectivity index (χ2n) is 5.03. The molecule has 1 atom stereocenters. The standard InChI is InChI=1S/C15H15N3O3S/c1-8-2-4-11-12(6-8)18-15(17-11)22-13-5-3-9(21-13)7-10(16)14(19)20/h2-6,10H,7,16H2,1H3,(H,17,18)(H,19,20). The van der Waals surface area contributed by atoms with Crippen LogP contribution in [0.2, 0.25) is 0 Å². The van der Waals surface area contributed by atoms with Crippen LogP contribution in [-0.2, 0) is 11.2 Å². The number of aromatic nitrogens is 2. The average molecular weight is 317 g/mol. The predicted molar refractivity (Wildman–Crippen MR) is 83.0 cm³/mol. The molecule has 0 aliphatic heterocycles. The van der Waals surface area contributed by atoms with Gasteiger partial charge in [0, 0.05) is 6.42 Å². The molecule has 0 fully saturated rings. The minimum Gasteiger partial charge on any atom is -0.480 e.